The van der Waals surface area contributed by atoms with Crippen molar-refractivity contribution in [3.8, 4) is 5.75 Å². The largest absolute Gasteiger partial charge is 0.497 e. The molecule has 0 amide bonds. The van der Waals surface area contributed by atoms with Gasteiger partial charge in [-0.2, -0.15) is 4.31 Å². The molecule has 1 unspecified atom stereocenters. The number of sulfonamides is 1. The number of methoxy groups -OCH3 is 1. The Morgan fingerprint density at radius 2 is 1.87 bits per heavy atom. The van der Waals surface area contributed by atoms with Crippen molar-refractivity contribution < 1.29 is 17.7 Å². The number of hydrogen-bond acceptors (Lipinski definition) is 7. The molecule has 8 nitrogen and oxygen atoms in total. The first-order chi connectivity index (χ1) is 14.8. The van der Waals surface area contributed by atoms with E-state index in [-0.39, 0.29) is 10.8 Å². The van der Waals surface area contributed by atoms with Gasteiger partial charge in [0.1, 0.15) is 16.3 Å². The minimum absolute atomic E-state index is 0.0200. The topological polar surface area (TPSA) is 97.6 Å². The highest BCUT2D eigenvalue weighted by Gasteiger charge is 2.37. The zero-order valence-corrected chi connectivity index (χ0v) is 18.9. The van der Waals surface area contributed by atoms with Crippen molar-refractivity contribution >= 4 is 21.4 Å². The fraction of sp³-hybridized carbons (Fsp3) is 0.364. The van der Waals surface area contributed by atoms with E-state index in [9.17, 15) is 8.42 Å². The smallest absolute Gasteiger partial charge is 0.248 e. The van der Waals surface area contributed by atoms with Gasteiger partial charge in [0.25, 0.3) is 0 Å². The Labute approximate surface area is 182 Å². The van der Waals surface area contributed by atoms with Crippen molar-refractivity contribution in [2.24, 2.45) is 0 Å². The van der Waals surface area contributed by atoms with Crippen LogP contribution in [0.15, 0.2) is 45.8 Å². The second kappa shape index (κ2) is 8.32. The number of rotatable bonds is 6. The quantitative estimate of drug-likeness (QED) is 0.618. The molecule has 1 fully saturated rings. The predicted molar refractivity (Wildman–Crippen MR) is 117 cm³/mol. The van der Waals surface area contributed by atoms with E-state index in [2.05, 4.69) is 15.5 Å². The monoisotopic (exact) mass is 442 g/mol. The van der Waals surface area contributed by atoms with E-state index in [0.29, 0.717) is 31.0 Å². The Morgan fingerprint density at radius 1 is 1.13 bits per heavy atom. The van der Waals surface area contributed by atoms with Crippen molar-refractivity contribution in [2.45, 2.75) is 38.0 Å². The summed E-state index contributed by atoms with van der Waals surface area (Å²) < 4.78 is 38.0. The molecule has 0 radical (unpaired) electrons. The van der Waals surface area contributed by atoms with Gasteiger partial charge in [-0.25, -0.2) is 8.42 Å². The average molecular weight is 443 g/mol. The summed E-state index contributed by atoms with van der Waals surface area (Å²) in [5.41, 5.74) is 4.00. The number of hydrogen-bond donors (Lipinski definition) is 1. The number of anilines is 2. The minimum atomic E-state index is -3.65. The van der Waals surface area contributed by atoms with Gasteiger partial charge in [0, 0.05) is 41.8 Å². The predicted octanol–water partition coefficient (Wildman–Crippen LogP) is 3.93. The van der Waals surface area contributed by atoms with Crippen LogP contribution in [0.25, 0.3) is 0 Å². The Bertz CT molecular complexity index is 1170. The average Bonchev–Trinajstić information content (AvgIpc) is 3.36. The number of aryl methyl sites for hydroxylation is 3. The third-order valence-corrected chi connectivity index (χ3v) is 7.60. The summed E-state index contributed by atoms with van der Waals surface area (Å²) in [6.07, 6.45) is 0.709. The Morgan fingerprint density at radius 3 is 2.52 bits per heavy atom. The third-order valence-electron chi connectivity index (χ3n) is 5.49. The maximum absolute atomic E-state index is 13.1. The fourth-order valence-electron chi connectivity index (χ4n) is 3.98. The minimum Gasteiger partial charge on any atom is -0.497 e. The maximum Gasteiger partial charge on any atom is 0.248 e. The summed E-state index contributed by atoms with van der Waals surface area (Å²) in [5.74, 6) is 1.13. The zero-order chi connectivity index (χ0) is 22.2. The van der Waals surface area contributed by atoms with Gasteiger partial charge < -0.3 is 14.6 Å². The molecule has 4 rings (SSSR count). The lowest BCUT2D eigenvalue weighted by Crippen LogP contribution is -2.29. The van der Waals surface area contributed by atoms with Gasteiger partial charge in [0.2, 0.25) is 10.0 Å². The normalized spacial score (nSPS) is 17.1. The van der Waals surface area contributed by atoms with Crippen molar-refractivity contribution in [2.75, 3.05) is 25.5 Å². The number of nitrogens with zero attached hydrogens (tertiary/aromatic N) is 3. The van der Waals surface area contributed by atoms with Gasteiger partial charge in [-0.3, -0.25) is 4.98 Å². The first-order valence-corrected chi connectivity index (χ1v) is 11.5. The van der Waals surface area contributed by atoms with E-state index < -0.39 is 10.0 Å². The molecule has 1 N–H and O–H groups in total. The van der Waals surface area contributed by atoms with Crippen LogP contribution in [-0.2, 0) is 10.0 Å². The van der Waals surface area contributed by atoms with E-state index in [4.69, 9.17) is 9.26 Å². The highest BCUT2D eigenvalue weighted by Crippen LogP contribution is 2.33. The molecule has 0 aliphatic carbocycles. The fourth-order valence-corrected chi connectivity index (χ4v) is 5.77. The lowest BCUT2D eigenvalue weighted by molar-refractivity contribution is 0.389. The van der Waals surface area contributed by atoms with E-state index in [0.717, 1.165) is 28.5 Å². The summed E-state index contributed by atoms with van der Waals surface area (Å²) in [6.45, 7) is 6.03. The molecular formula is C22H26N4O4S. The maximum atomic E-state index is 13.1. The number of pyridine rings is 1. The molecule has 1 saturated heterocycles. The molecule has 0 spiro atoms. The van der Waals surface area contributed by atoms with Crippen LogP contribution in [0.4, 0.5) is 11.4 Å². The lowest BCUT2D eigenvalue weighted by Gasteiger charge is -2.17. The van der Waals surface area contributed by atoms with Gasteiger partial charge in [0.05, 0.1) is 7.11 Å². The molecule has 1 aliphatic heterocycles. The molecule has 2 aromatic heterocycles. The molecule has 164 valence electrons. The summed E-state index contributed by atoms with van der Waals surface area (Å²) >= 11 is 0. The van der Waals surface area contributed by atoms with Crippen LogP contribution in [0, 0.1) is 20.8 Å². The summed E-state index contributed by atoms with van der Waals surface area (Å²) in [6, 6.07) is 11.6. The van der Waals surface area contributed by atoms with Crippen molar-refractivity contribution in [1.82, 2.24) is 14.4 Å². The first-order valence-electron chi connectivity index (χ1n) is 10.1. The van der Waals surface area contributed by atoms with E-state index in [1.807, 2.05) is 43.3 Å². The van der Waals surface area contributed by atoms with Crippen LogP contribution in [0.2, 0.25) is 0 Å². The van der Waals surface area contributed by atoms with Gasteiger partial charge in [-0.05, 0) is 63.6 Å². The SMILES string of the molecule is COc1ccc(Nc2cc(C)nc(C3CCN(S(=O)(=O)c4c(C)noc4C)C3)c2)cc1. The van der Waals surface area contributed by atoms with Gasteiger partial charge in [-0.15, -0.1) is 0 Å². The summed E-state index contributed by atoms with van der Waals surface area (Å²) in [5, 5.41) is 7.19. The lowest BCUT2D eigenvalue weighted by atomic mass is 10.0. The van der Waals surface area contributed by atoms with Crippen molar-refractivity contribution in [3.05, 3.63) is 59.2 Å². The number of aromatic nitrogens is 2. The van der Waals surface area contributed by atoms with Crippen molar-refractivity contribution in [1.29, 1.82) is 0 Å². The van der Waals surface area contributed by atoms with Crippen LogP contribution >= 0.6 is 0 Å². The van der Waals surface area contributed by atoms with Crippen LogP contribution in [0.3, 0.4) is 0 Å². The van der Waals surface area contributed by atoms with Crippen molar-refractivity contribution in [3.63, 3.8) is 0 Å². The second-order valence-electron chi connectivity index (χ2n) is 7.78. The highest BCUT2D eigenvalue weighted by atomic mass is 32.2. The molecule has 1 atom stereocenters. The molecule has 3 heterocycles. The van der Waals surface area contributed by atoms with Crippen LogP contribution in [0.5, 0.6) is 5.75 Å². The Balaban J connectivity index is 1.54. The third kappa shape index (κ3) is 4.28. The molecule has 3 aromatic rings. The summed E-state index contributed by atoms with van der Waals surface area (Å²) in [7, 11) is -2.01. The summed E-state index contributed by atoms with van der Waals surface area (Å²) in [4.78, 5) is 4.86. The van der Waals surface area contributed by atoms with Gasteiger partial charge >= 0.3 is 0 Å². The van der Waals surface area contributed by atoms with Crippen LogP contribution in [0.1, 0.15) is 35.2 Å². The number of ether oxygens (including phenoxy) is 1. The molecule has 9 heteroatoms. The van der Waals surface area contributed by atoms with E-state index >= 15 is 0 Å². The molecule has 0 bridgehead atoms. The Hall–Kier alpha value is -2.91. The van der Waals surface area contributed by atoms with E-state index in [1.165, 1.54) is 4.31 Å². The van der Waals surface area contributed by atoms with Crippen LogP contribution in [-0.4, -0.2) is 43.1 Å². The molecule has 1 aliphatic rings. The van der Waals surface area contributed by atoms with E-state index in [1.54, 1.807) is 21.0 Å². The van der Waals surface area contributed by atoms with Gasteiger partial charge in [0.15, 0.2) is 5.76 Å². The highest BCUT2D eigenvalue weighted by molar-refractivity contribution is 7.89. The molecule has 1 aromatic carbocycles. The number of benzene rings is 1. The molecule has 0 saturated carbocycles. The van der Waals surface area contributed by atoms with Crippen LogP contribution < -0.4 is 10.1 Å². The number of nitrogens with one attached hydrogen (secondary N) is 1. The Kier molecular flexibility index (Phi) is 5.72. The first kappa shape index (κ1) is 21.3. The second-order valence-corrected chi connectivity index (χ2v) is 9.65. The van der Waals surface area contributed by atoms with Gasteiger partial charge in [-0.1, -0.05) is 5.16 Å². The molecular weight excluding hydrogens is 416 g/mol. The molecule has 31 heavy (non-hydrogen) atoms. The standard InChI is InChI=1S/C22H26N4O4S/c1-14-11-19(24-18-5-7-20(29-4)8-6-18)12-21(23-14)17-9-10-26(13-17)31(27,28)22-15(2)25-30-16(22)3/h5-8,11-12,17H,9-10,13H2,1-4H3,(H,23,24). The zero-order valence-electron chi connectivity index (χ0n) is 18.0.